The monoisotopic (exact) mass is 486 g/mol. The maximum Gasteiger partial charge on any atom is 0.193 e. The largest absolute Gasteiger partial charge is 0.333 e. The van der Waals surface area contributed by atoms with Crippen LogP contribution in [0.2, 0.25) is 0 Å². The van der Waals surface area contributed by atoms with Crippen molar-refractivity contribution in [3.05, 3.63) is 142 Å². The predicted molar refractivity (Wildman–Crippen MR) is 156 cm³/mol. The van der Waals surface area contributed by atoms with Crippen LogP contribution in [0.15, 0.2) is 97.1 Å². The lowest BCUT2D eigenvalue weighted by atomic mass is 10.0. The second kappa shape index (κ2) is 15.9. The molecule has 0 bridgehead atoms. The van der Waals surface area contributed by atoms with E-state index in [2.05, 4.69) is 11.5 Å². The highest BCUT2D eigenvalue weighted by atomic mass is 16.1. The molecule has 36 heavy (non-hydrogen) atoms. The first-order valence-electron chi connectivity index (χ1n) is 11.8. The van der Waals surface area contributed by atoms with Crippen molar-refractivity contribution in [1.82, 2.24) is 0 Å². The average Bonchev–Trinajstić information content (AvgIpc) is 2.92. The highest BCUT2D eigenvalue weighted by molar-refractivity contribution is 6.09. The number of hydrogen-bond acceptors (Lipinski definition) is 4. The van der Waals surface area contributed by atoms with Gasteiger partial charge in [0.05, 0.1) is 0 Å². The SMILES string of the molecule is CN.CN.Cc1ccc(C(=O)c2ccc(C)cc2)cc1.Cc1ccc(C(=O)c2cccc(C)c2)cc1.[HH].[HH]. The van der Waals surface area contributed by atoms with Gasteiger partial charge < -0.3 is 11.5 Å². The van der Waals surface area contributed by atoms with E-state index in [9.17, 15) is 9.59 Å². The summed E-state index contributed by atoms with van der Waals surface area (Å²) < 4.78 is 0. The average molecular weight is 487 g/mol. The first-order valence-corrected chi connectivity index (χ1v) is 11.8. The zero-order chi connectivity index (χ0) is 27.1. The van der Waals surface area contributed by atoms with Crippen LogP contribution in [0.1, 0.15) is 56.9 Å². The van der Waals surface area contributed by atoms with Crippen LogP contribution < -0.4 is 11.5 Å². The summed E-state index contributed by atoms with van der Waals surface area (Å²) in [6.45, 7) is 8.03. The molecule has 0 radical (unpaired) electrons. The smallest absolute Gasteiger partial charge is 0.193 e. The molecular formula is C32H42N2O2. The van der Waals surface area contributed by atoms with Gasteiger partial charge in [0.15, 0.2) is 11.6 Å². The van der Waals surface area contributed by atoms with Crippen molar-refractivity contribution in [3.8, 4) is 0 Å². The van der Waals surface area contributed by atoms with Crippen molar-refractivity contribution in [1.29, 1.82) is 0 Å². The van der Waals surface area contributed by atoms with E-state index < -0.39 is 0 Å². The lowest BCUT2D eigenvalue weighted by Gasteiger charge is -2.02. The summed E-state index contributed by atoms with van der Waals surface area (Å²) in [6.07, 6.45) is 0. The molecule has 0 aliphatic heterocycles. The third-order valence-electron chi connectivity index (χ3n) is 5.22. The Balaban J connectivity index is 0. The second-order valence-corrected chi connectivity index (χ2v) is 8.13. The van der Waals surface area contributed by atoms with Crippen molar-refractivity contribution in [3.63, 3.8) is 0 Å². The molecule has 0 aliphatic carbocycles. The van der Waals surface area contributed by atoms with Gasteiger partial charge in [-0.3, -0.25) is 9.59 Å². The molecule has 0 heterocycles. The van der Waals surface area contributed by atoms with Gasteiger partial charge in [0, 0.05) is 25.1 Å². The highest BCUT2D eigenvalue weighted by Gasteiger charge is 2.08. The molecule has 4 nitrogen and oxygen atoms in total. The Morgan fingerprint density at radius 3 is 1.06 bits per heavy atom. The Kier molecular flexibility index (Phi) is 13.4. The van der Waals surface area contributed by atoms with Crippen LogP contribution in [0.5, 0.6) is 0 Å². The molecule has 0 unspecified atom stereocenters. The molecule has 0 saturated heterocycles. The molecule has 0 fully saturated rings. The molecule has 4 N–H and O–H groups in total. The van der Waals surface area contributed by atoms with Gasteiger partial charge in [0.2, 0.25) is 0 Å². The molecule has 0 aliphatic rings. The Morgan fingerprint density at radius 2 is 0.750 bits per heavy atom. The maximum absolute atomic E-state index is 12.1. The van der Waals surface area contributed by atoms with Crippen molar-refractivity contribution in [2.45, 2.75) is 27.7 Å². The number of aryl methyl sites for hydroxylation is 4. The molecule has 0 aromatic heterocycles. The Bertz CT molecular complexity index is 1170. The number of benzene rings is 4. The molecular weight excluding hydrogens is 444 g/mol. The summed E-state index contributed by atoms with van der Waals surface area (Å²) in [4.78, 5) is 24.2. The number of rotatable bonds is 4. The molecule has 0 amide bonds. The standard InChI is InChI=1S/2C15H14O.2CH5N.2H2/c1-11-3-7-13(8-4-11)15(16)14-9-5-12(2)6-10-14;1-11-6-8-13(9-7-11)15(16)14-5-3-4-12(2)10-14;2*1-2;;/h2*3-10H,1-2H3;2*2H2,1H3;2*1H. The van der Waals surface area contributed by atoms with E-state index in [0.29, 0.717) is 0 Å². The fraction of sp³-hybridized carbons (Fsp3) is 0.188. The lowest BCUT2D eigenvalue weighted by Crippen LogP contribution is -2.01. The summed E-state index contributed by atoms with van der Waals surface area (Å²) in [5, 5.41) is 0. The third kappa shape index (κ3) is 9.41. The fourth-order valence-electron chi connectivity index (χ4n) is 3.23. The van der Waals surface area contributed by atoms with E-state index in [-0.39, 0.29) is 14.4 Å². The normalized spacial score (nSPS) is 9.33. The van der Waals surface area contributed by atoms with Crippen LogP contribution in [0.3, 0.4) is 0 Å². The topological polar surface area (TPSA) is 86.2 Å². The number of nitrogens with two attached hydrogens (primary N) is 2. The first-order chi connectivity index (χ1) is 17.3. The number of carbonyl (C=O) groups excluding carboxylic acids is 2. The van der Waals surface area contributed by atoms with Crippen molar-refractivity contribution in [2.75, 3.05) is 14.1 Å². The van der Waals surface area contributed by atoms with Gasteiger partial charge in [0.1, 0.15) is 0 Å². The predicted octanol–water partition coefficient (Wildman–Crippen LogP) is 6.71. The quantitative estimate of drug-likeness (QED) is 0.314. The first kappa shape index (κ1) is 30.2. The van der Waals surface area contributed by atoms with Crippen LogP contribution in [0.25, 0.3) is 0 Å². The maximum atomic E-state index is 12.1. The van der Waals surface area contributed by atoms with E-state index in [0.717, 1.165) is 27.8 Å². The van der Waals surface area contributed by atoms with Crippen LogP contribution in [-0.4, -0.2) is 25.7 Å². The summed E-state index contributed by atoms with van der Waals surface area (Å²) >= 11 is 0. The zero-order valence-electron chi connectivity index (χ0n) is 22.2. The van der Waals surface area contributed by atoms with E-state index >= 15 is 0 Å². The van der Waals surface area contributed by atoms with Gasteiger partial charge in [0.25, 0.3) is 0 Å². The molecule has 0 spiro atoms. The van der Waals surface area contributed by atoms with Crippen molar-refractivity contribution in [2.24, 2.45) is 11.5 Å². The van der Waals surface area contributed by atoms with E-state index in [1.54, 1.807) is 0 Å². The molecule has 0 saturated carbocycles. The van der Waals surface area contributed by atoms with Crippen LogP contribution in [0.4, 0.5) is 0 Å². The number of hydrogen-bond donors (Lipinski definition) is 2. The Labute approximate surface area is 219 Å². The molecule has 4 aromatic carbocycles. The fourth-order valence-corrected chi connectivity index (χ4v) is 3.23. The lowest BCUT2D eigenvalue weighted by molar-refractivity contribution is 0.103. The van der Waals surface area contributed by atoms with Gasteiger partial charge >= 0.3 is 0 Å². The summed E-state index contributed by atoms with van der Waals surface area (Å²) in [6, 6.07) is 30.7. The van der Waals surface area contributed by atoms with Gasteiger partial charge in [-0.2, -0.15) is 0 Å². The van der Waals surface area contributed by atoms with E-state index in [1.165, 1.54) is 30.8 Å². The van der Waals surface area contributed by atoms with Gasteiger partial charge in [-0.1, -0.05) is 113 Å². The second-order valence-electron chi connectivity index (χ2n) is 8.13. The molecule has 4 heteroatoms. The summed E-state index contributed by atoms with van der Waals surface area (Å²) in [5.41, 5.74) is 16.6. The van der Waals surface area contributed by atoms with Gasteiger partial charge in [-0.25, -0.2) is 0 Å². The van der Waals surface area contributed by atoms with Crippen molar-refractivity contribution < 1.29 is 12.4 Å². The minimum absolute atomic E-state index is 0. The molecule has 4 aromatic rings. The minimum Gasteiger partial charge on any atom is -0.333 e. The van der Waals surface area contributed by atoms with Gasteiger partial charge in [-0.05, 0) is 47.9 Å². The summed E-state index contributed by atoms with van der Waals surface area (Å²) in [7, 11) is 3.00. The number of carbonyl (C=O) groups is 2. The molecule has 0 atom stereocenters. The Morgan fingerprint density at radius 1 is 0.444 bits per heavy atom. The van der Waals surface area contributed by atoms with Crippen molar-refractivity contribution >= 4 is 11.6 Å². The Hall–Kier alpha value is -3.86. The molecule has 4 rings (SSSR count). The van der Waals surface area contributed by atoms with Crippen LogP contribution in [-0.2, 0) is 0 Å². The van der Waals surface area contributed by atoms with E-state index in [1.807, 2.05) is 125 Å². The van der Waals surface area contributed by atoms with Gasteiger partial charge in [-0.15, -0.1) is 0 Å². The summed E-state index contributed by atoms with van der Waals surface area (Å²) in [5.74, 6) is 0.170. The zero-order valence-corrected chi connectivity index (χ0v) is 22.2. The minimum atomic E-state index is 0. The van der Waals surface area contributed by atoms with Crippen LogP contribution >= 0.6 is 0 Å². The van der Waals surface area contributed by atoms with E-state index in [4.69, 9.17) is 0 Å². The highest BCUT2D eigenvalue weighted by Crippen LogP contribution is 2.13. The van der Waals surface area contributed by atoms with Crippen LogP contribution in [0, 0.1) is 27.7 Å². The third-order valence-corrected chi connectivity index (χ3v) is 5.22. The molecule has 192 valence electrons. The number of ketones is 2.